The number of hydrogen-bond donors (Lipinski definition) is 1. The quantitative estimate of drug-likeness (QED) is 0.660. The van der Waals surface area contributed by atoms with Crippen LogP contribution < -0.4 is 15.2 Å². The van der Waals surface area contributed by atoms with Gasteiger partial charge in [-0.15, -0.1) is 0 Å². The van der Waals surface area contributed by atoms with E-state index in [1.54, 1.807) is 0 Å². The van der Waals surface area contributed by atoms with Crippen LogP contribution in [0, 0.1) is 13.8 Å². The number of anilines is 1. The molecule has 2 N–H and O–H groups in total. The lowest BCUT2D eigenvalue weighted by molar-refractivity contribution is 0.216. The average molecular weight is 336 g/mol. The highest BCUT2D eigenvalue weighted by Crippen LogP contribution is 2.24. The Hall–Kier alpha value is -1.68. The monoisotopic (exact) mass is 335 g/mol. The minimum atomic E-state index is 0.497. The lowest BCUT2D eigenvalue weighted by atomic mass is 10.1. The van der Waals surface area contributed by atoms with Gasteiger partial charge in [-0.05, 0) is 55.3 Å². The van der Waals surface area contributed by atoms with Gasteiger partial charge in [-0.25, -0.2) is 0 Å². The molecule has 4 heteroatoms. The standard InChI is InChI=1S/C16H18BrNO2/c1-11-9-16(12(2)8-15(11)18)20-7-6-19-14-5-3-4-13(17)10-14/h3-5,8-10H,6-7,18H2,1-2H3. The van der Waals surface area contributed by atoms with Crippen LogP contribution in [-0.2, 0) is 0 Å². The Morgan fingerprint density at radius 3 is 2.50 bits per heavy atom. The van der Waals surface area contributed by atoms with E-state index in [0.29, 0.717) is 13.2 Å². The van der Waals surface area contributed by atoms with Crippen LogP contribution in [0.3, 0.4) is 0 Å². The Balaban J connectivity index is 1.86. The van der Waals surface area contributed by atoms with Crippen molar-refractivity contribution >= 4 is 21.6 Å². The minimum absolute atomic E-state index is 0.497. The number of nitrogens with two attached hydrogens (primary N) is 1. The molecule has 0 unspecified atom stereocenters. The Morgan fingerprint density at radius 2 is 1.75 bits per heavy atom. The molecule has 0 saturated carbocycles. The average Bonchev–Trinajstić information content (AvgIpc) is 2.40. The van der Waals surface area contributed by atoms with Gasteiger partial charge < -0.3 is 15.2 Å². The Morgan fingerprint density at radius 1 is 1.00 bits per heavy atom. The zero-order valence-corrected chi connectivity index (χ0v) is 13.2. The Labute approximate surface area is 127 Å². The number of benzene rings is 2. The molecule has 2 aromatic carbocycles. The first-order valence-corrected chi connectivity index (χ1v) is 7.23. The van der Waals surface area contributed by atoms with Crippen molar-refractivity contribution in [2.75, 3.05) is 18.9 Å². The fourth-order valence-electron chi connectivity index (χ4n) is 1.84. The van der Waals surface area contributed by atoms with Crippen molar-refractivity contribution in [3.8, 4) is 11.5 Å². The Bertz CT molecular complexity index is 599. The summed E-state index contributed by atoms with van der Waals surface area (Å²) in [5.41, 5.74) is 8.71. The van der Waals surface area contributed by atoms with Crippen molar-refractivity contribution in [3.05, 3.63) is 52.0 Å². The van der Waals surface area contributed by atoms with E-state index in [4.69, 9.17) is 15.2 Å². The normalized spacial score (nSPS) is 10.3. The van der Waals surface area contributed by atoms with Crippen molar-refractivity contribution in [1.29, 1.82) is 0 Å². The molecular formula is C16H18BrNO2. The zero-order chi connectivity index (χ0) is 14.5. The van der Waals surface area contributed by atoms with Gasteiger partial charge >= 0.3 is 0 Å². The summed E-state index contributed by atoms with van der Waals surface area (Å²) in [6.07, 6.45) is 0. The van der Waals surface area contributed by atoms with Crippen LogP contribution in [0.2, 0.25) is 0 Å². The van der Waals surface area contributed by atoms with E-state index < -0.39 is 0 Å². The van der Waals surface area contributed by atoms with E-state index in [0.717, 1.165) is 32.8 Å². The first kappa shape index (κ1) is 14.7. The van der Waals surface area contributed by atoms with Gasteiger partial charge in [0.05, 0.1) is 0 Å². The minimum Gasteiger partial charge on any atom is -0.490 e. The van der Waals surface area contributed by atoms with Crippen LogP contribution in [0.15, 0.2) is 40.9 Å². The molecule has 0 amide bonds. The van der Waals surface area contributed by atoms with Crippen molar-refractivity contribution in [1.82, 2.24) is 0 Å². The smallest absolute Gasteiger partial charge is 0.122 e. The number of nitrogen functional groups attached to an aromatic ring is 1. The summed E-state index contributed by atoms with van der Waals surface area (Å²) in [7, 11) is 0. The van der Waals surface area contributed by atoms with Crippen LogP contribution in [0.25, 0.3) is 0 Å². The molecule has 0 aliphatic heterocycles. The van der Waals surface area contributed by atoms with Crippen molar-refractivity contribution in [2.24, 2.45) is 0 Å². The van der Waals surface area contributed by atoms with Crippen LogP contribution >= 0.6 is 15.9 Å². The summed E-state index contributed by atoms with van der Waals surface area (Å²) < 4.78 is 12.4. The van der Waals surface area contributed by atoms with Crippen molar-refractivity contribution in [3.63, 3.8) is 0 Å². The molecule has 20 heavy (non-hydrogen) atoms. The second-order valence-electron chi connectivity index (χ2n) is 4.63. The zero-order valence-electron chi connectivity index (χ0n) is 11.7. The van der Waals surface area contributed by atoms with Crippen molar-refractivity contribution < 1.29 is 9.47 Å². The van der Waals surface area contributed by atoms with Crippen LogP contribution in [0.1, 0.15) is 11.1 Å². The SMILES string of the molecule is Cc1cc(OCCOc2cccc(Br)c2)c(C)cc1N. The predicted molar refractivity (Wildman–Crippen MR) is 85.5 cm³/mol. The van der Waals surface area contributed by atoms with E-state index in [-0.39, 0.29) is 0 Å². The Kier molecular flexibility index (Phi) is 4.90. The number of halogens is 1. The first-order chi connectivity index (χ1) is 9.56. The molecule has 0 aromatic heterocycles. The second-order valence-corrected chi connectivity index (χ2v) is 5.54. The molecule has 0 aliphatic rings. The number of hydrogen-bond acceptors (Lipinski definition) is 3. The first-order valence-electron chi connectivity index (χ1n) is 6.44. The maximum Gasteiger partial charge on any atom is 0.122 e. The van der Waals surface area contributed by atoms with Gasteiger partial charge in [-0.2, -0.15) is 0 Å². The van der Waals surface area contributed by atoms with Crippen LogP contribution in [0.5, 0.6) is 11.5 Å². The topological polar surface area (TPSA) is 44.5 Å². The highest BCUT2D eigenvalue weighted by atomic mass is 79.9. The van der Waals surface area contributed by atoms with Gasteiger partial charge in [0.2, 0.25) is 0 Å². The maximum absolute atomic E-state index is 5.85. The summed E-state index contributed by atoms with van der Waals surface area (Å²) in [4.78, 5) is 0. The van der Waals surface area contributed by atoms with Gasteiger partial charge in [0.1, 0.15) is 24.7 Å². The van der Waals surface area contributed by atoms with E-state index >= 15 is 0 Å². The molecule has 0 saturated heterocycles. The summed E-state index contributed by atoms with van der Waals surface area (Å²) in [5, 5.41) is 0. The predicted octanol–water partition coefficient (Wildman–Crippen LogP) is 4.11. The third kappa shape index (κ3) is 3.90. The molecule has 0 radical (unpaired) electrons. The number of ether oxygens (including phenoxy) is 2. The molecule has 0 atom stereocenters. The summed E-state index contributed by atoms with van der Waals surface area (Å²) >= 11 is 3.41. The van der Waals surface area contributed by atoms with Crippen LogP contribution in [-0.4, -0.2) is 13.2 Å². The fraction of sp³-hybridized carbons (Fsp3) is 0.250. The lowest BCUT2D eigenvalue weighted by Crippen LogP contribution is -2.10. The number of aryl methyl sites for hydroxylation is 2. The molecule has 2 rings (SSSR count). The summed E-state index contributed by atoms with van der Waals surface area (Å²) in [6.45, 7) is 4.95. The van der Waals surface area contributed by atoms with Gasteiger partial charge in [-0.3, -0.25) is 0 Å². The lowest BCUT2D eigenvalue weighted by Gasteiger charge is -2.12. The van der Waals surface area contributed by atoms with E-state index in [1.165, 1.54) is 0 Å². The molecule has 3 nitrogen and oxygen atoms in total. The molecule has 0 bridgehead atoms. The largest absolute Gasteiger partial charge is 0.490 e. The van der Waals surface area contributed by atoms with E-state index in [1.807, 2.05) is 50.2 Å². The molecule has 0 fully saturated rings. The van der Waals surface area contributed by atoms with Crippen LogP contribution in [0.4, 0.5) is 5.69 Å². The van der Waals surface area contributed by atoms with Gasteiger partial charge in [0, 0.05) is 10.2 Å². The maximum atomic E-state index is 5.85. The molecule has 2 aromatic rings. The number of rotatable bonds is 5. The molecule has 0 aliphatic carbocycles. The van der Waals surface area contributed by atoms with Gasteiger partial charge in [0.15, 0.2) is 0 Å². The second kappa shape index (κ2) is 6.66. The summed E-state index contributed by atoms with van der Waals surface area (Å²) in [6, 6.07) is 11.6. The highest BCUT2D eigenvalue weighted by molar-refractivity contribution is 9.10. The van der Waals surface area contributed by atoms with Crippen molar-refractivity contribution in [2.45, 2.75) is 13.8 Å². The molecular weight excluding hydrogens is 318 g/mol. The molecule has 0 spiro atoms. The fourth-order valence-corrected chi connectivity index (χ4v) is 2.21. The van der Waals surface area contributed by atoms with E-state index in [2.05, 4.69) is 15.9 Å². The third-order valence-electron chi connectivity index (χ3n) is 2.97. The summed E-state index contributed by atoms with van der Waals surface area (Å²) in [5.74, 6) is 1.68. The highest BCUT2D eigenvalue weighted by Gasteiger charge is 2.03. The molecule has 106 valence electrons. The molecule has 0 heterocycles. The van der Waals surface area contributed by atoms with Gasteiger partial charge in [0.25, 0.3) is 0 Å². The van der Waals surface area contributed by atoms with E-state index in [9.17, 15) is 0 Å². The van der Waals surface area contributed by atoms with Gasteiger partial charge in [-0.1, -0.05) is 22.0 Å². The third-order valence-corrected chi connectivity index (χ3v) is 3.46.